The number of hydrogen-bond acceptors (Lipinski definition) is 2. The SMILES string of the molecule is Cc1ccsc1C(=O)c1cc(Br)ccc1Cl. The van der Waals surface area contributed by atoms with Crippen LogP contribution in [0.2, 0.25) is 5.02 Å². The van der Waals surface area contributed by atoms with Gasteiger partial charge in [0.1, 0.15) is 0 Å². The highest BCUT2D eigenvalue weighted by Gasteiger charge is 2.16. The van der Waals surface area contributed by atoms with E-state index in [1.807, 2.05) is 24.4 Å². The Labute approximate surface area is 111 Å². The summed E-state index contributed by atoms with van der Waals surface area (Å²) < 4.78 is 0.856. The molecule has 0 fully saturated rings. The molecule has 1 aromatic carbocycles. The van der Waals surface area contributed by atoms with Crippen molar-refractivity contribution in [3.05, 3.63) is 55.1 Å². The molecule has 1 nitrogen and oxygen atoms in total. The van der Waals surface area contributed by atoms with E-state index in [1.54, 1.807) is 12.1 Å². The third kappa shape index (κ3) is 2.21. The Morgan fingerprint density at radius 2 is 2.12 bits per heavy atom. The van der Waals surface area contributed by atoms with Crippen molar-refractivity contribution >= 4 is 44.7 Å². The Hall–Kier alpha value is -0.640. The fourth-order valence-electron chi connectivity index (χ4n) is 1.40. The smallest absolute Gasteiger partial charge is 0.204 e. The molecular weight excluding hydrogens is 308 g/mol. The second-order valence-corrected chi connectivity index (χ2v) is 5.63. The third-order valence-electron chi connectivity index (χ3n) is 2.24. The summed E-state index contributed by atoms with van der Waals surface area (Å²) in [5.41, 5.74) is 1.53. The quantitative estimate of drug-likeness (QED) is 0.734. The zero-order valence-corrected chi connectivity index (χ0v) is 11.6. The van der Waals surface area contributed by atoms with E-state index >= 15 is 0 Å². The number of aryl methyl sites for hydroxylation is 1. The zero-order valence-electron chi connectivity index (χ0n) is 8.46. The number of hydrogen-bond donors (Lipinski definition) is 0. The number of carbonyl (C=O) groups is 1. The molecule has 0 radical (unpaired) electrons. The molecule has 4 heteroatoms. The van der Waals surface area contributed by atoms with E-state index in [4.69, 9.17) is 11.6 Å². The molecule has 1 aromatic heterocycles. The molecule has 0 saturated carbocycles. The van der Waals surface area contributed by atoms with Gasteiger partial charge >= 0.3 is 0 Å². The molecule has 0 atom stereocenters. The van der Waals surface area contributed by atoms with Gasteiger partial charge in [-0.1, -0.05) is 27.5 Å². The van der Waals surface area contributed by atoms with Crippen LogP contribution in [0.5, 0.6) is 0 Å². The summed E-state index contributed by atoms with van der Waals surface area (Å²) in [5, 5.41) is 2.40. The number of halogens is 2. The van der Waals surface area contributed by atoms with Crippen molar-refractivity contribution in [2.24, 2.45) is 0 Å². The van der Waals surface area contributed by atoms with Crippen molar-refractivity contribution < 1.29 is 4.79 Å². The summed E-state index contributed by atoms with van der Waals surface area (Å²) in [6.45, 7) is 1.93. The number of ketones is 1. The molecule has 0 N–H and O–H groups in total. The average molecular weight is 316 g/mol. The standard InChI is InChI=1S/C12H8BrClOS/c1-7-4-5-16-12(7)11(15)9-6-8(13)2-3-10(9)14/h2-6H,1H3. The summed E-state index contributed by atoms with van der Waals surface area (Å²) in [6.07, 6.45) is 0. The molecule has 16 heavy (non-hydrogen) atoms. The maximum atomic E-state index is 12.2. The fourth-order valence-corrected chi connectivity index (χ4v) is 2.84. The molecule has 1 heterocycles. The number of rotatable bonds is 2. The maximum Gasteiger partial charge on any atom is 0.204 e. The minimum Gasteiger partial charge on any atom is -0.288 e. The summed E-state index contributed by atoms with van der Waals surface area (Å²) in [5.74, 6) is -0.0150. The van der Waals surface area contributed by atoms with Crippen molar-refractivity contribution in [3.63, 3.8) is 0 Å². The first-order valence-electron chi connectivity index (χ1n) is 4.63. The third-order valence-corrected chi connectivity index (χ3v) is 4.08. The van der Waals surface area contributed by atoms with Crippen molar-refractivity contribution in [2.45, 2.75) is 6.92 Å². The van der Waals surface area contributed by atoms with Crippen molar-refractivity contribution in [1.82, 2.24) is 0 Å². The van der Waals surface area contributed by atoms with E-state index in [0.717, 1.165) is 14.9 Å². The van der Waals surface area contributed by atoms with Gasteiger partial charge in [0.25, 0.3) is 0 Å². The number of thiophene rings is 1. The zero-order chi connectivity index (χ0) is 11.7. The molecule has 0 amide bonds. The van der Waals surface area contributed by atoms with Gasteiger partial charge in [-0.25, -0.2) is 0 Å². The highest BCUT2D eigenvalue weighted by atomic mass is 79.9. The van der Waals surface area contributed by atoms with Crippen molar-refractivity contribution in [1.29, 1.82) is 0 Å². The lowest BCUT2D eigenvalue weighted by molar-refractivity contribution is 0.104. The molecule has 0 spiro atoms. The van der Waals surface area contributed by atoms with Crippen LogP contribution < -0.4 is 0 Å². The summed E-state index contributed by atoms with van der Waals surface area (Å²) in [4.78, 5) is 13.0. The first-order valence-corrected chi connectivity index (χ1v) is 6.68. The van der Waals surface area contributed by atoms with Crippen LogP contribution in [-0.2, 0) is 0 Å². The van der Waals surface area contributed by atoms with Gasteiger partial charge in [-0.2, -0.15) is 0 Å². The normalized spacial score (nSPS) is 10.4. The van der Waals surface area contributed by atoms with Crippen LogP contribution in [0.25, 0.3) is 0 Å². The lowest BCUT2D eigenvalue weighted by Crippen LogP contribution is -2.01. The van der Waals surface area contributed by atoms with Crippen molar-refractivity contribution in [3.8, 4) is 0 Å². The minimum absolute atomic E-state index is 0.0150. The molecule has 82 valence electrons. The first-order chi connectivity index (χ1) is 7.59. The van der Waals surface area contributed by atoms with E-state index in [0.29, 0.717) is 10.6 Å². The van der Waals surface area contributed by atoms with Crippen LogP contribution in [0.15, 0.2) is 34.1 Å². The fraction of sp³-hybridized carbons (Fsp3) is 0.0833. The van der Waals surface area contributed by atoms with Gasteiger partial charge in [0.05, 0.1) is 9.90 Å². The van der Waals surface area contributed by atoms with E-state index in [9.17, 15) is 4.79 Å². The lowest BCUT2D eigenvalue weighted by atomic mass is 10.1. The number of carbonyl (C=O) groups excluding carboxylic acids is 1. The van der Waals surface area contributed by atoms with E-state index in [1.165, 1.54) is 11.3 Å². The monoisotopic (exact) mass is 314 g/mol. The van der Waals surface area contributed by atoms with Crippen LogP contribution in [0.1, 0.15) is 20.8 Å². The van der Waals surface area contributed by atoms with Crippen LogP contribution in [0.4, 0.5) is 0 Å². The van der Waals surface area contributed by atoms with Crippen molar-refractivity contribution in [2.75, 3.05) is 0 Å². The Bertz CT molecular complexity index is 548. The largest absolute Gasteiger partial charge is 0.288 e. The van der Waals surface area contributed by atoms with Gasteiger partial charge in [0.15, 0.2) is 0 Å². The predicted octanol–water partition coefficient (Wildman–Crippen LogP) is 4.70. The van der Waals surface area contributed by atoms with Crippen LogP contribution in [0.3, 0.4) is 0 Å². The highest BCUT2D eigenvalue weighted by Crippen LogP contribution is 2.26. The molecule has 0 saturated heterocycles. The molecule has 2 aromatic rings. The Kier molecular flexibility index (Phi) is 3.47. The first kappa shape index (κ1) is 11.8. The molecular formula is C12H8BrClOS. The predicted molar refractivity (Wildman–Crippen MR) is 71.6 cm³/mol. The molecule has 0 aliphatic rings. The lowest BCUT2D eigenvalue weighted by Gasteiger charge is -2.03. The maximum absolute atomic E-state index is 12.2. The van der Waals surface area contributed by atoms with E-state index < -0.39 is 0 Å². The summed E-state index contributed by atoms with van der Waals surface area (Å²) in [7, 11) is 0. The average Bonchev–Trinajstić information content (AvgIpc) is 2.67. The molecule has 0 aliphatic heterocycles. The van der Waals surface area contributed by atoms with Gasteiger partial charge in [0.2, 0.25) is 5.78 Å². The van der Waals surface area contributed by atoms with Gasteiger partial charge in [0, 0.05) is 10.0 Å². The minimum atomic E-state index is -0.0150. The Morgan fingerprint density at radius 3 is 2.75 bits per heavy atom. The second kappa shape index (κ2) is 4.70. The van der Waals surface area contributed by atoms with E-state index in [-0.39, 0.29) is 5.78 Å². The topological polar surface area (TPSA) is 17.1 Å². The molecule has 0 unspecified atom stereocenters. The second-order valence-electron chi connectivity index (χ2n) is 3.39. The van der Waals surface area contributed by atoms with Crippen LogP contribution in [-0.4, -0.2) is 5.78 Å². The summed E-state index contributed by atoms with van der Waals surface area (Å²) >= 11 is 10.8. The molecule has 2 rings (SSSR count). The van der Waals surface area contributed by atoms with Crippen LogP contribution in [0, 0.1) is 6.92 Å². The Morgan fingerprint density at radius 1 is 1.38 bits per heavy atom. The van der Waals surface area contributed by atoms with E-state index in [2.05, 4.69) is 15.9 Å². The van der Waals surface area contributed by atoms with Gasteiger partial charge in [-0.05, 0) is 42.1 Å². The van der Waals surface area contributed by atoms with Gasteiger partial charge < -0.3 is 0 Å². The number of benzene rings is 1. The van der Waals surface area contributed by atoms with Crippen LogP contribution >= 0.6 is 38.9 Å². The molecule has 0 bridgehead atoms. The highest BCUT2D eigenvalue weighted by molar-refractivity contribution is 9.10. The van der Waals surface area contributed by atoms with Gasteiger partial charge in [-0.15, -0.1) is 11.3 Å². The Balaban J connectivity index is 2.49. The van der Waals surface area contributed by atoms with Gasteiger partial charge in [-0.3, -0.25) is 4.79 Å². The molecule has 0 aliphatic carbocycles. The summed E-state index contributed by atoms with van der Waals surface area (Å²) in [6, 6.07) is 7.23.